The quantitative estimate of drug-likeness (QED) is 0.926. The Morgan fingerprint density at radius 2 is 2.08 bits per heavy atom. The maximum Gasteiger partial charge on any atom is 0.161 e. The van der Waals surface area contributed by atoms with Gasteiger partial charge in [-0.05, 0) is 44.2 Å². The summed E-state index contributed by atoms with van der Waals surface area (Å²) in [6.45, 7) is 2.10. The maximum absolute atomic E-state index is 9.46. The second kappa shape index (κ2) is 6.69. The Bertz CT molecular complexity index is 749. The van der Waals surface area contributed by atoms with E-state index in [1.807, 2.05) is 24.3 Å². The van der Waals surface area contributed by atoms with Crippen molar-refractivity contribution in [1.82, 2.24) is 9.97 Å². The van der Waals surface area contributed by atoms with E-state index < -0.39 is 0 Å². The SMILES string of the molecule is OCC1CCN(c2nc(-c3cccc(Cl)c3)nc3c2CCCC3)C1. The van der Waals surface area contributed by atoms with Crippen molar-refractivity contribution in [3.8, 4) is 11.4 Å². The molecular weight excluding hydrogens is 322 g/mol. The highest BCUT2D eigenvalue weighted by Crippen LogP contribution is 2.33. The average Bonchev–Trinajstić information content (AvgIpc) is 3.10. The smallest absolute Gasteiger partial charge is 0.161 e. The van der Waals surface area contributed by atoms with Crippen molar-refractivity contribution in [1.29, 1.82) is 0 Å². The van der Waals surface area contributed by atoms with Gasteiger partial charge in [-0.25, -0.2) is 9.97 Å². The van der Waals surface area contributed by atoms with Crippen molar-refractivity contribution in [2.75, 3.05) is 24.6 Å². The molecule has 4 rings (SSSR count). The molecule has 1 aromatic heterocycles. The number of benzene rings is 1. The van der Waals surface area contributed by atoms with Crippen LogP contribution in [0.4, 0.5) is 5.82 Å². The van der Waals surface area contributed by atoms with E-state index in [9.17, 15) is 5.11 Å². The Hall–Kier alpha value is -1.65. The number of aliphatic hydroxyl groups is 1. The first kappa shape index (κ1) is 15.9. The van der Waals surface area contributed by atoms with E-state index in [-0.39, 0.29) is 6.61 Å². The van der Waals surface area contributed by atoms with Gasteiger partial charge in [0, 0.05) is 47.5 Å². The molecule has 0 amide bonds. The molecule has 1 fully saturated rings. The molecule has 4 nitrogen and oxygen atoms in total. The van der Waals surface area contributed by atoms with E-state index >= 15 is 0 Å². The fourth-order valence-electron chi connectivity index (χ4n) is 3.77. The van der Waals surface area contributed by atoms with E-state index in [0.717, 1.165) is 49.6 Å². The van der Waals surface area contributed by atoms with Crippen molar-refractivity contribution in [3.63, 3.8) is 0 Å². The predicted molar refractivity (Wildman–Crippen MR) is 96.5 cm³/mol. The number of hydrogen-bond acceptors (Lipinski definition) is 4. The lowest BCUT2D eigenvalue weighted by molar-refractivity contribution is 0.238. The van der Waals surface area contributed by atoms with Gasteiger partial charge in [-0.1, -0.05) is 23.7 Å². The van der Waals surface area contributed by atoms with E-state index in [2.05, 4.69) is 4.90 Å². The summed E-state index contributed by atoms with van der Waals surface area (Å²) >= 11 is 6.15. The summed E-state index contributed by atoms with van der Waals surface area (Å²) in [7, 11) is 0. The molecule has 2 aliphatic rings. The summed E-state index contributed by atoms with van der Waals surface area (Å²) in [6.07, 6.45) is 5.51. The Kier molecular flexibility index (Phi) is 4.42. The minimum atomic E-state index is 0.255. The second-order valence-electron chi connectivity index (χ2n) is 6.80. The van der Waals surface area contributed by atoms with Crippen molar-refractivity contribution >= 4 is 17.4 Å². The van der Waals surface area contributed by atoms with Crippen molar-refractivity contribution < 1.29 is 5.11 Å². The van der Waals surface area contributed by atoms with Crippen LogP contribution in [0.25, 0.3) is 11.4 Å². The van der Waals surface area contributed by atoms with Crippen LogP contribution in [0.5, 0.6) is 0 Å². The fourth-order valence-corrected chi connectivity index (χ4v) is 3.96. The number of aryl methyl sites for hydroxylation is 1. The standard InChI is InChI=1S/C19H22ClN3O/c20-15-5-3-4-14(10-15)18-21-17-7-2-1-6-16(17)19(22-18)23-9-8-13(11-23)12-24/h3-5,10,13,24H,1-2,6-9,11-12H2. The summed E-state index contributed by atoms with van der Waals surface area (Å²) < 4.78 is 0. The summed E-state index contributed by atoms with van der Waals surface area (Å²) in [6, 6.07) is 7.76. The van der Waals surface area contributed by atoms with Crippen LogP contribution in [0.15, 0.2) is 24.3 Å². The van der Waals surface area contributed by atoms with Crippen LogP contribution in [0.3, 0.4) is 0 Å². The Balaban J connectivity index is 1.78. The van der Waals surface area contributed by atoms with Gasteiger partial charge in [0.15, 0.2) is 5.82 Å². The van der Waals surface area contributed by atoms with Gasteiger partial charge in [0.25, 0.3) is 0 Å². The molecule has 126 valence electrons. The van der Waals surface area contributed by atoms with Gasteiger partial charge in [-0.15, -0.1) is 0 Å². The Morgan fingerprint density at radius 3 is 2.88 bits per heavy atom. The fraction of sp³-hybridized carbons (Fsp3) is 0.474. The Morgan fingerprint density at radius 1 is 1.21 bits per heavy atom. The molecule has 1 aliphatic heterocycles. The molecular formula is C19H22ClN3O. The minimum Gasteiger partial charge on any atom is -0.396 e. The molecule has 0 saturated carbocycles. The topological polar surface area (TPSA) is 49.2 Å². The average molecular weight is 344 g/mol. The lowest BCUT2D eigenvalue weighted by Gasteiger charge is -2.25. The molecule has 1 aromatic carbocycles. The zero-order valence-corrected chi connectivity index (χ0v) is 14.5. The molecule has 2 aromatic rings. The molecule has 1 aliphatic carbocycles. The van der Waals surface area contributed by atoms with Gasteiger partial charge in [-0.3, -0.25) is 0 Å². The van der Waals surface area contributed by atoms with Gasteiger partial charge in [0.1, 0.15) is 5.82 Å². The highest BCUT2D eigenvalue weighted by molar-refractivity contribution is 6.30. The van der Waals surface area contributed by atoms with E-state index in [0.29, 0.717) is 10.9 Å². The van der Waals surface area contributed by atoms with Crippen LogP contribution in [-0.4, -0.2) is 34.8 Å². The summed E-state index contributed by atoms with van der Waals surface area (Å²) in [4.78, 5) is 12.1. The summed E-state index contributed by atoms with van der Waals surface area (Å²) in [5.41, 5.74) is 3.47. The van der Waals surface area contributed by atoms with Crippen LogP contribution >= 0.6 is 11.6 Å². The molecule has 1 saturated heterocycles. The molecule has 0 radical (unpaired) electrons. The number of fused-ring (bicyclic) bond motifs is 1. The zero-order valence-electron chi connectivity index (χ0n) is 13.7. The van der Waals surface area contributed by atoms with Crippen molar-refractivity contribution in [2.24, 2.45) is 5.92 Å². The van der Waals surface area contributed by atoms with Gasteiger partial charge in [0.05, 0.1) is 0 Å². The van der Waals surface area contributed by atoms with E-state index in [1.165, 1.54) is 24.1 Å². The molecule has 2 heterocycles. The van der Waals surface area contributed by atoms with E-state index in [1.54, 1.807) is 0 Å². The monoisotopic (exact) mass is 343 g/mol. The minimum absolute atomic E-state index is 0.255. The Labute approximate surface area is 147 Å². The van der Waals surface area contributed by atoms with Gasteiger partial charge in [-0.2, -0.15) is 0 Å². The molecule has 0 spiro atoms. The largest absolute Gasteiger partial charge is 0.396 e. The van der Waals surface area contributed by atoms with Crippen LogP contribution in [-0.2, 0) is 12.8 Å². The first-order chi connectivity index (χ1) is 11.7. The van der Waals surface area contributed by atoms with Crippen molar-refractivity contribution in [2.45, 2.75) is 32.1 Å². The lowest BCUT2D eigenvalue weighted by atomic mass is 9.95. The third kappa shape index (κ3) is 3.01. The third-order valence-corrected chi connectivity index (χ3v) is 5.32. The number of rotatable bonds is 3. The van der Waals surface area contributed by atoms with Crippen LogP contribution in [0, 0.1) is 5.92 Å². The first-order valence-corrected chi connectivity index (χ1v) is 9.14. The number of aromatic nitrogens is 2. The van der Waals surface area contributed by atoms with Gasteiger partial charge in [0.2, 0.25) is 0 Å². The van der Waals surface area contributed by atoms with Crippen LogP contribution in [0.2, 0.25) is 5.02 Å². The number of nitrogens with zero attached hydrogens (tertiary/aromatic N) is 3. The molecule has 24 heavy (non-hydrogen) atoms. The number of anilines is 1. The van der Waals surface area contributed by atoms with Crippen LogP contribution < -0.4 is 4.90 Å². The molecule has 1 N–H and O–H groups in total. The summed E-state index contributed by atoms with van der Waals surface area (Å²) in [5, 5.41) is 10.2. The van der Waals surface area contributed by atoms with Crippen LogP contribution in [0.1, 0.15) is 30.5 Å². The highest BCUT2D eigenvalue weighted by Gasteiger charge is 2.28. The highest BCUT2D eigenvalue weighted by atomic mass is 35.5. The van der Waals surface area contributed by atoms with E-state index in [4.69, 9.17) is 21.6 Å². The molecule has 5 heteroatoms. The number of halogens is 1. The lowest BCUT2D eigenvalue weighted by Crippen LogP contribution is -2.25. The molecule has 0 bridgehead atoms. The predicted octanol–water partition coefficient (Wildman–Crippen LogP) is 3.49. The number of hydrogen-bond donors (Lipinski definition) is 1. The first-order valence-electron chi connectivity index (χ1n) is 8.76. The zero-order chi connectivity index (χ0) is 16.5. The molecule has 1 atom stereocenters. The number of aliphatic hydroxyl groups excluding tert-OH is 1. The van der Waals surface area contributed by atoms with Crippen molar-refractivity contribution in [3.05, 3.63) is 40.5 Å². The van der Waals surface area contributed by atoms with Gasteiger partial charge >= 0.3 is 0 Å². The van der Waals surface area contributed by atoms with Gasteiger partial charge < -0.3 is 10.0 Å². The normalized spacial score (nSPS) is 20.2. The second-order valence-corrected chi connectivity index (χ2v) is 7.23. The summed E-state index contributed by atoms with van der Waals surface area (Å²) in [5.74, 6) is 2.19. The maximum atomic E-state index is 9.46. The third-order valence-electron chi connectivity index (χ3n) is 5.09. The molecule has 1 unspecified atom stereocenters.